The fourth-order valence-electron chi connectivity index (χ4n) is 0.561. The Morgan fingerprint density at radius 1 is 1.33 bits per heavy atom. The van der Waals surface area contributed by atoms with E-state index < -0.39 is 18.0 Å². The summed E-state index contributed by atoms with van der Waals surface area (Å²) in [5, 5.41) is 10.3. The number of nitrogens with zero attached hydrogens (tertiary/aromatic N) is 1. The molecule has 0 aliphatic carbocycles. The third-order valence-electron chi connectivity index (χ3n) is 0.943. The number of halogens is 3. The number of hydrogen-bond donors (Lipinski definition) is 0. The smallest absolute Gasteiger partial charge is 0.404 e. The van der Waals surface area contributed by atoms with Gasteiger partial charge in [0.25, 0.3) is 5.88 Å². The molecule has 6 heteroatoms. The fourth-order valence-corrected chi connectivity index (χ4v) is 0.561. The number of aromatic nitrogens is 1. The molecule has 0 atom stereocenters. The molecule has 0 aliphatic rings. The molecule has 1 aromatic heterocycles. The summed E-state index contributed by atoms with van der Waals surface area (Å²) < 4.78 is 38.0. The van der Waals surface area contributed by atoms with Crippen molar-refractivity contribution in [2.45, 2.75) is 6.36 Å². The van der Waals surface area contributed by atoms with Gasteiger partial charge in [-0.3, -0.25) is 5.11 Å². The first-order chi connectivity index (χ1) is 5.47. The van der Waals surface area contributed by atoms with E-state index in [0.29, 0.717) is 0 Å². The minimum absolute atomic E-state index is 0.498. The van der Waals surface area contributed by atoms with Gasteiger partial charge in [-0.15, -0.1) is 13.2 Å². The molecule has 65 valence electrons. The van der Waals surface area contributed by atoms with Crippen LogP contribution >= 0.6 is 0 Å². The predicted octanol–water partition coefficient (Wildman–Crippen LogP) is 2.12. The molecule has 1 radical (unpaired) electrons. The maximum absolute atomic E-state index is 11.5. The summed E-state index contributed by atoms with van der Waals surface area (Å²) >= 11 is 0. The van der Waals surface area contributed by atoms with Gasteiger partial charge in [-0.1, -0.05) is 0 Å². The summed E-state index contributed by atoms with van der Waals surface area (Å²) in [6.45, 7) is 0. The molecule has 0 aromatic carbocycles. The first-order valence-electron chi connectivity index (χ1n) is 2.86. The number of hydrogen-bond acceptors (Lipinski definition) is 2. The highest BCUT2D eigenvalue weighted by molar-refractivity contribution is 5.21. The molecular weight excluding hydrogens is 175 g/mol. The summed E-state index contributed by atoms with van der Waals surface area (Å²) in [5.74, 6) is -1.10. The number of alkyl halides is 3. The molecule has 0 spiro atoms. The molecule has 0 saturated heterocycles. The normalized spacial score (nSPS) is 11.2. The number of pyridine rings is 1. The van der Waals surface area contributed by atoms with E-state index in [1.807, 2.05) is 0 Å². The Labute approximate surface area is 65.4 Å². The summed E-state index contributed by atoms with van der Waals surface area (Å²) in [6, 6.07) is 1.80. The van der Waals surface area contributed by atoms with Gasteiger partial charge in [-0.25, -0.2) is 4.98 Å². The molecule has 1 aromatic rings. The Hall–Kier alpha value is -1.46. The molecule has 0 N–H and O–H groups in total. The molecule has 0 saturated carbocycles. The van der Waals surface area contributed by atoms with E-state index in [1.54, 1.807) is 0 Å². The maximum atomic E-state index is 11.5. The van der Waals surface area contributed by atoms with Crippen LogP contribution in [0.3, 0.4) is 0 Å². The van der Waals surface area contributed by atoms with Crippen molar-refractivity contribution in [3.8, 4) is 11.6 Å². The van der Waals surface area contributed by atoms with Crippen LogP contribution in [0, 0.1) is 0 Å². The third kappa shape index (κ3) is 2.65. The second-order valence-electron chi connectivity index (χ2n) is 1.88. The van der Waals surface area contributed by atoms with Crippen molar-refractivity contribution >= 4 is 0 Å². The van der Waals surface area contributed by atoms with Crippen LogP contribution in [-0.4, -0.2) is 11.3 Å². The quantitative estimate of drug-likeness (QED) is 0.660. The van der Waals surface area contributed by atoms with E-state index >= 15 is 0 Å². The van der Waals surface area contributed by atoms with Gasteiger partial charge in [0.05, 0.1) is 6.20 Å². The molecular formula is C6H3F3NO2. The van der Waals surface area contributed by atoms with Crippen molar-refractivity contribution in [3.05, 3.63) is 18.3 Å². The van der Waals surface area contributed by atoms with E-state index in [4.69, 9.17) is 0 Å². The Morgan fingerprint density at radius 2 is 2.00 bits per heavy atom. The minimum Gasteiger partial charge on any atom is -0.404 e. The lowest BCUT2D eigenvalue weighted by Crippen LogP contribution is -2.17. The zero-order chi connectivity index (χ0) is 9.19. The zero-order valence-electron chi connectivity index (χ0n) is 5.63. The average Bonchev–Trinajstić information content (AvgIpc) is 1.91. The van der Waals surface area contributed by atoms with Gasteiger partial charge in [0.1, 0.15) is 5.75 Å². The second-order valence-corrected chi connectivity index (χ2v) is 1.88. The SMILES string of the molecule is [O]c1ccc(OC(F)(F)F)cn1. The lowest BCUT2D eigenvalue weighted by Gasteiger charge is -2.06. The van der Waals surface area contributed by atoms with Gasteiger partial charge in [0.2, 0.25) is 0 Å². The van der Waals surface area contributed by atoms with Crippen LogP contribution in [-0.2, 0) is 5.11 Å². The molecule has 1 rings (SSSR count). The molecule has 12 heavy (non-hydrogen) atoms. The van der Waals surface area contributed by atoms with Crippen LogP contribution in [0.5, 0.6) is 11.6 Å². The van der Waals surface area contributed by atoms with Gasteiger partial charge in [0.15, 0.2) is 0 Å². The van der Waals surface area contributed by atoms with Crippen molar-refractivity contribution in [2.24, 2.45) is 0 Å². The Kier molecular flexibility index (Phi) is 2.07. The van der Waals surface area contributed by atoms with Crippen LogP contribution in [0.4, 0.5) is 13.2 Å². The largest absolute Gasteiger partial charge is 0.573 e. The Bertz CT molecular complexity index is 256. The topological polar surface area (TPSA) is 42.0 Å². The first kappa shape index (κ1) is 8.63. The summed E-state index contributed by atoms with van der Waals surface area (Å²) in [4.78, 5) is 3.08. The van der Waals surface area contributed by atoms with Crippen molar-refractivity contribution in [2.75, 3.05) is 0 Å². The van der Waals surface area contributed by atoms with Crippen molar-refractivity contribution in [1.82, 2.24) is 4.98 Å². The van der Waals surface area contributed by atoms with Crippen LogP contribution in [0.1, 0.15) is 0 Å². The average molecular weight is 178 g/mol. The monoisotopic (exact) mass is 178 g/mol. The summed E-state index contributed by atoms with van der Waals surface area (Å²) in [6.07, 6.45) is -4.03. The van der Waals surface area contributed by atoms with Crippen LogP contribution in [0.15, 0.2) is 18.3 Å². The molecule has 0 unspecified atom stereocenters. The molecule has 0 amide bonds. The standard InChI is InChI=1S/C6H3F3NO2/c7-6(8,9)12-4-1-2-5(11)10-3-4/h1-3H. The number of rotatable bonds is 1. The Morgan fingerprint density at radius 3 is 2.42 bits per heavy atom. The molecule has 3 nitrogen and oxygen atoms in total. The molecule has 0 bridgehead atoms. The zero-order valence-corrected chi connectivity index (χ0v) is 5.63. The van der Waals surface area contributed by atoms with Gasteiger partial charge in [-0.2, -0.15) is 0 Å². The van der Waals surface area contributed by atoms with E-state index in [-0.39, 0.29) is 0 Å². The molecule has 0 aliphatic heterocycles. The maximum Gasteiger partial charge on any atom is 0.573 e. The highest BCUT2D eigenvalue weighted by Gasteiger charge is 2.31. The highest BCUT2D eigenvalue weighted by Crippen LogP contribution is 2.22. The van der Waals surface area contributed by atoms with Crippen LogP contribution < -0.4 is 4.74 Å². The van der Waals surface area contributed by atoms with Crippen molar-refractivity contribution < 1.29 is 23.0 Å². The lowest BCUT2D eigenvalue weighted by molar-refractivity contribution is -0.274. The van der Waals surface area contributed by atoms with Gasteiger partial charge in [-0.05, 0) is 6.07 Å². The van der Waals surface area contributed by atoms with E-state index in [1.165, 1.54) is 0 Å². The van der Waals surface area contributed by atoms with E-state index in [0.717, 1.165) is 18.3 Å². The minimum atomic E-state index is -4.74. The van der Waals surface area contributed by atoms with E-state index in [9.17, 15) is 18.3 Å². The second kappa shape index (κ2) is 2.88. The third-order valence-corrected chi connectivity index (χ3v) is 0.943. The molecule has 0 fully saturated rings. The van der Waals surface area contributed by atoms with Crippen molar-refractivity contribution in [1.29, 1.82) is 0 Å². The number of ether oxygens (including phenoxy) is 1. The first-order valence-corrected chi connectivity index (χ1v) is 2.86. The van der Waals surface area contributed by atoms with Crippen LogP contribution in [0.2, 0.25) is 0 Å². The summed E-state index contributed by atoms with van der Waals surface area (Å²) in [7, 11) is 0. The van der Waals surface area contributed by atoms with Gasteiger partial charge < -0.3 is 4.74 Å². The summed E-state index contributed by atoms with van der Waals surface area (Å²) in [5.41, 5.74) is 0. The highest BCUT2D eigenvalue weighted by atomic mass is 19.4. The Balaban J connectivity index is 2.71. The van der Waals surface area contributed by atoms with Crippen LogP contribution in [0.25, 0.3) is 0 Å². The van der Waals surface area contributed by atoms with Crippen molar-refractivity contribution in [3.63, 3.8) is 0 Å². The van der Waals surface area contributed by atoms with Gasteiger partial charge in [0, 0.05) is 6.07 Å². The lowest BCUT2D eigenvalue weighted by atomic mass is 10.4. The predicted molar refractivity (Wildman–Crippen MR) is 31.1 cm³/mol. The fraction of sp³-hybridized carbons (Fsp3) is 0.167. The molecule has 1 heterocycles. The van der Waals surface area contributed by atoms with E-state index in [2.05, 4.69) is 9.72 Å². The van der Waals surface area contributed by atoms with Gasteiger partial charge >= 0.3 is 6.36 Å².